The Morgan fingerprint density at radius 2 is 2.00 bits per heavy atom. The molecule has 0 bridgehead atoms. The molecule has 0 spiro atoms. The van der Waals surface area contributed by atoms with Gasteiger partial charge in [0.25, 0.3) is 0 Å². The maximum absolute atomic E-state index is 9.20. The lowest BCUT2D eigenvalue weighted by Crippen LogP contribution is -2.00. The monoisotopic (exact) mass is 309 g/mol. The molecule has 3 N–H and O–H groups in total. The third-order valence-electron chi connectivity index (χ3n) is 3.69. The second-order valence-electron chi connectivity index (χ2n) is 5.21. The summed E-state index contributed by atoms with van der Waals surface area (Å²) in [6, 6.07) is 15.6. The van der Waals surface area contributed by atoms with E-state index in [1.807, 2.05) is 54.7 Å². The van der Waals surface area contributed by atoms with Gasteiger partial charge >= 0.3 is 0 Å². The van der Waals surface area contributed by atoms with Gasteiger partial charge in [0.1, 0.15) is 5.75 Å². The van der Waals surface area contributed by atoms with Crippen LogP contribution in [0.25, 0.3) is 11.3 Å². The molecule has 2 aromatic carbocycles. The Labute approximate surface area is 134 Å². The quantitative estimate of drug-likeness (QED) is 0.654. The van der Waals surface area contributed by atoms with E-state index in [-0.39, 0.29) is 6.61 Å². The maximum atomic E-state index is 9.20. The minimum absolute atomic E-state index is 0.0400. The number of hydrogen-bond donors (Lipinski definition) is 3. The van der Waals surface area contributed by atoms with E-state index in [0.717, 1.165) is 33.8 Å². The molecule has 0 radical (unpaired) electrons. The molecule has 0 fully saturated rings. The fourth-order valence-electron chi connectivity index (χ4n) is 2.43. The standard InChI is InChI=1S/C18H19N3O2/c1-23-17-7-5-14(6-8-17)18-15(11-20-21-18)10-19-16-4-2-3-13(9-16)12-22/h2-9,11,19,22H,10,12H2,1H3,(H,20,21). The summed E-state index contributed by atoms with van der Waals surface area (Å²) in [5.74, 6) is 0.828. The average Bonchev–Trinajstić information content (AvgIpc) is 3.09. The van der Waals surface area contributed by atoms with Crippen molar-refractivity contribution in [2.24, 2.45) is 0 Å². The van der Waals surface area contributed by atoms with Gasteiger partial charge in [0.05, 0.1) is 25.6 Å². The van der Waals surface area contributed by atoms with Crippen LogP contribution in [0.5, 0.6) is 5.75 Å². The number of methoxy groups -OCH3 is 1. The summed E-state index contributed by atoms with van der Waals surface area (Å²) in [5, 5.41) is 19.8. The number of aromatic amines is 1. The molecule has 3 aromatic rings. The number of anilines is 1. The van der Waals surface area contributed by atoms with Gasteiger partial charge in [-0.1, -0.05) is 12.1 Å². The first-order valence-electron chi connectivity index (χ1n) is 7.40. The first-order chi connectivity index (χ1) is 11.3. The van der Waals surface area contributed by atoms with Crippen molar-refractivity contribution in [1.82, 2.24) is 10.2 Å². The Balaban J connectivity index is 1.75. The summed E-state index contributed by atoms with van der Waals surface area (Å²) in [5.41, 5.74) is 4.98. The van der Waals surface area contributed by atoms with Crippen molar-refractivity contribution in [2.75, 3.05) is 12.4 Å². The van der Waals surface area contributed by atoms with E-state index in [9.17, 15) is 5.11 Å². The van der Waals surface area contributed by atoms with Gasteiger partial charge in [0, 0.05) is 23.4 Å². The maximum Gasteiger partial charge on any atom is 0.118 e. The SMILES string of the molecule is COc1ccc(-c2[nH]ncc2CNc2cccc(CO)c2)cc1. The third-order valence-corrected chi connectivity index (χ3v) is 3.69. The molecule has 5 nitrogen and oxygen atoms in total. The van der Waals surface area contributed by atoms with Crippen LogP contribution in [-0.2, 0) is 13.2 Å². The van der Waals surface area contributed by atoms with Gasteiger partial charge in [-0.05, 0) is 42.0 Å². The number of ether oxygens (including phenoxy) is 1. The largest absolute Gasteiger partial charge is 0.497 e. The van der Waals surface area contributed by atoms with Gasteiger partial charge in [-0.15, -0.1) is 0 Å². The molecule has 118 valence electrons. The molecular weight excluding hydrogens is 290 g/mol. The molecule has 0 saturated carbocycles. The smallest absolute Gasteiger partial charge is 0.118 e. The Morgan fingerprint density at radius 1 is 1.17 bits per heavy atom. The van der Waals surface area contributed by atoms with Crippen molar-refractivity contribution in [2.45, 2.75) is 13.2 Å². The molecule has 0 amide bonds. The number of hydrogen-bond acceptors (Lipinski definition) is 4. The molecule has 23 heavy (non-hydrogen) atoms. The van der Waals surface area contributed by atoms with Crippen molar-refractivity contribution >= 4 is 5.69 Å². The molecule has 0 aliphatic rings. The highest BCUT2D eigenvalue weighted by Crippen LogP contribution is 2.24. The summed E-state index contributed by atoms with van der Waals surface area (Å²) >= 11 is 0. The number of aromatic nitrogens is 2. The van der Waals surface area contributed by atoms with Crippen molar-refractivity contribution in [3.8, 4) is 17.0 Å². The Kier molecular flexibility index (Phi) is 4.59. The summed E-state index contributed by atoms with van der Waals surface area (Å²) in [6.07, 6.45) is 1.82. The lowest BCUT2D eigenvalue weighted by molar-refractivity contribution is 0.282. The van der Waals surface area contributed by atoms with Crippen molar-refractivity contribution < 1.29 is 9.84 Å². The predicted molar refractivity (Wildman–Crippen MR) is 90.3 cm³/mol. The summed E-state index contributed by atoms with van der Waals surface area (Å²) in [4.78, 5) is 0. The van der Waals surface area contributed by atoms with E-state index in [0.29, 0.717) is 6.54 Å². The van der Waals surface area contributed by atoms with Crippen LogP contribution in [0.3, 0.4) is 0 Å². The molecule has 0 aliphatic carbocycles. The fourth-order valence-corrected chi connectivity index (χ4v) is 2.43. The van der Waals surface area contributed by atoms with Gasteiger partial charge in [0.2, 0.25) is 0 Å². The topological polar surface area (TPSA) is 70.2 Å². The predicted octanol–water partition coefficient (Wildman–Crippen LogP) is 3.19. The van der Waals surface area contributed by atoms with Gasteiger partial charge in [-0.25, -0.2) is 0 Å². The van der Waals surface area contributed by atoms with E-state index in [1.54, 1.807) is 7.11 Å². The minimum atomic E-state index is 0.0400. The molecule has 0 aliphatic heterocycles. The van der Waals surface area contributed by atoms with Crippen molar-refractivity contribution in [3.05, 3.63) is 65.9 Å². The van der Waals surface area contributed by atoms with Crippen molar-refractivity contribution in [3.63, 3.8) is 0 Å². The second-order valence-corrected chi connectivity index (χ2v) is 5.21. The van der Waals surface area contributed by atoms with Gasteiger partial charge < -0.3 is 15.2 Å². The van der Waals surface area contributed by atoms with Crippen LogP contribution in [0.2, 0.25) is 0 Å². The van der Waals surface area contributed by atoms with E-state index in [1.165, 1.54) is 0 Å². The van der Waals surface area contributed by atoms with E-state index >= 15 is 0 Å². The lowest BCUT2D eigenvalue weighted by atomic mass is 10.1. The zero-order valence-corrected chi connectivity index (χ0v) is 12.9. The highest BCUT2D eigenvalue weighted by atomic mass is 16.5. The number of aliphatic hydroxyl groups is 1. The summed E-state index contributed by atoms with van der Waals surface area (Å²) in [6.45, 7) is 0.686. The van der Waals surface area contributed by atoms with Gasteiger partial charge in [-0.2, -0.15) is 5.10 Å². The molecule has 0 unspecified atom stereocenters. The molecule has 1 aromatic heterocycles. The van der Waals surface area contributed by atoms with E-state index in [4.69, 9.17) is 4.74 Å². The van der Waals surface area contributed by atoms with Crippen LogP contribution in [-0.4, -0.2) is 22.4 Å². The minimum Gasteiger partial charge on any atom is -0.497 e. The number of nitrogens with zero attached hydrogens (tertiary/aromatic N) is 1. The number of H-pyrrole nitrogens is 1. The Morgan fingerprint density at radius 3 is 2.74 bits per heavy atom. The van der Waals surface area contributed by atoms with Crippen LogP contribution in [0.4, 0.5) is 5.69 Å². The van der Waals surface area contributed by atoms with E-state index < -0.39 is 0 Å². The summed E-state index contributed by atoms with van der Waals surface area (Å²) < 4.78 is 5.19. The highest BCUT2D eigenvalue weighted by Gasteiger charge is 2.08. The van der Waals surface area contributed by atoms with Crippen LogP contribution in [0.1, 0.15) is 11.1 Å². The van der Waals surface area contributed by atoms with Gasteiger partial charge in [-0.3, -0.25) is 5.10 Å². The van der Waals surface area contributed by atoms with Gasteiger partial charge in [0.15, 0.2) is 0 Å². The van der Waals surface area contributed by atoms with Crippen LogP contribution in [0.15, 0.2) is 54.7 Å². The molecule has 0 atom stereocenters. The number of benzene rings is 2. The number of nitrogens with one attached hydrogen (secondary N) is 2. The zero-order valence-electron chi connectivity index (χ0n) is 12.9. The van der Waals surface area contributed by atoms with Crippen molar-refractivity contribution in [1.29, 1.82) is 0 Å². The molecule has 1 heterocycles. The van der Waals surface area contributed by atoms with E-state index in [2.05, 4.69) is 15.5 Å². The first-order valence-corrected chi connectivity index (χ1v) is 7.40. The normalized spacial score (nSPS) is 10.5. The lowest BCUT2D eigenvalue weighted by Gasteiger charge is -2.09. The molecule has 3 rings (SSSR count). The molecule has 0 saturated heterocycles. The van der Waals surface area contributed by atoms with Crippen LogP contribution < -0.4 is 10.1 Å². The Hall–Kier alpha value is -2.79. The number of rotatable bonds is 6. The van der Waals surface area contributed by atoms with Crippen LogP contribution >= 0.6 is 0 Å². The molecule has 5 heteroatoms. The average molecular weight is 309 g/mol. The first kappa shape index (κ1) is 15.1. The number of aliphatic hydroxyl groups excluding tert-OH is 1. The highest BCUT2D eigenvalue weighted by molar-refractivity contribution is 5.64. The molecular formula is C18H19N3O2. The second kappa shape index (κ2) is 6.98. The van der Waals surface area contributed by atoms with Crippen LogP contribution in [0, 0.1) is 0 Å². The third kappa shape index (κ3) is 3.52. The Bertz CT molecular complexity index is 766. The fraction of sp³-hybridized carbons (Fsp3) is 0.167. The summed E-state index contributed by atoms with van der Waals surface area (Å²) in [7, 11) is 1.65. The zero-order chi connectivity index (χ0) is 16.1.